The van der Waals surface area contributed by atoms with E-state index in [1.54, 1.807) is 28.2 Å². The number of thiazole rings is 1. The zero-order valence-electron chi connectivity index (χ0n) is 19.4. The molecule has 0 radical (unpaired) electrons. The minimum atomic E-state index is 0. The second-order valence-electron chi connectivity index (χ2n) is 6.28. The zero-order valence-corrected chi connectivity index (χ0v) is 21.1. The van der Waals surface area contributed by atoms with Crippen LogP contribution in [0.15, 0.2) is 34.2 Å². The highest BCUT2D eigenvalue weighted by atomic mass is 32.1. The van der Waals surface area contributed by atoms with Crippen LogP contribution in [0.1, 0.15) is 106 Å². The van der Waals surface area contributed by atoms with Crippen LogP contribution in [-0.4, -0.2) is 27.4 Å². The smallest absolute Gasteiger partial charge is 0.119 e. The monoisotopic (exact) mass is 456 g/mol. The molecule has 1 aliphatic heterocycles. The molecule has 0 bridgehead atoms. The quantitative estimate of drug-likeness (QED) is 0.463. The molecule has 0 amide bonds. The maximum atomic E-state index is 4.24. The summed E-state index contributed by atoms with van der Waals surface area (Å²) in [6, 6.07) is 0. The van der Waals surface area contributed by atoms with E-state index in [4.69, 9.17) is 0 Å². The molecule has 1 aliphatic rings. The van der Waals surface area contributed by atoms with Gasteiger partial charge in [-0.1, -0.05) is 90.2 Å². The maximum Gasteiger partial charge on any atom is 0.119 e. The highest BCUT2D eigenvalue weighted by Crippen LogP contribution is 2.15. The van der Waals surface area contributed by atoms with Crippen molar-refractivity contribution in [2.45, 2.75) is 95.9 Å². The van der Waals surface area contributed by atoms with Gasteiger partial charge in [-0.2, -0.15) is 0 Å². The van der Waals surface area contributed by atoms with Crippen LogP contribution < -0.4 is 0 Å². The lowest BCUT2D eigenvalue weighted by molar-refractivity contribution is 0.825. The second-order valence-corrected chi connectivity index (χ2v) is 8.07. The molecule has 0 atom stereocenters. The van der Waals surface area contributed by atoms with Gasteiger partial charge < -0.3 is 0 Å². The largest absolute Gasteiger partial charge is 0.285 e. The van der Waals surface area contributed by atoms with Crippen LogP contribution in [0, 0.1) is 5.92 Å². The number of hydrogen-bond acceptors (Lipinski definition) is 6. The summed E-state index contributed by atoms with van der Waals surface area (Å²) in [6.45, 7) is 21.7. The van der Waals surface area contributed by atoms with Gasteiger partial charge in [-0.3, -0.25) is 4.99 Å². The lowest BCUT2D eigenvalue weighted by Gasteiger charge is -1.98. The van der Waals surface area contributed by atoms with E-state index in [2.05, 4.69) is 73.9 Å². The van der Waals surface area contributed by atoms with Gasteiger partial charge in [0.05, 0.1) is 11.6 Å². The molecule has 3 rings (SSSR count). The van der Waals surface area contributed by atoms with Gasteiger partial charge in [0, 0.05) is 29.1 Å². The summed E-state index contributed by atoms with van der Waals surface area (Å²) < 4.78 is 0. The maximum absolute atomic E-state index is 4.24. The SMILES string of the molecule is C.C.CC.CC.CC(C)C1=NCC=C1.CC(C)c1nccs1.CC(C)c1nncs1. The van der Waals surface area contributed by atoms with Gasteiger partial charge in [-0.25, -0.2) is 4.98 Å². The van der Waals surface area contributed by atoms with Gasteiger partial charge in [-0.15, -0.1) is 32.9 Å². The van der Waals surface area contributed by atoms with Crippen LogP contribution in [0.5, 0.6) is 0 Å². The molecule has 0 unspecified atom stereocenters. The Bertz CT molecular complexity index is 561. The second kappa shape index (κ2) is 23.9. The Morgan fingerprint density at radius 1 is 0.800 bits per heavy atom. The molecule has 0 saturated carbocycles. The normalized spacial score (nSPS) is 10.6. The van der Waals surface area contributed by atoms with Crippen molar-refractivity contribution in [1.29, 1.82) is 0 Å². The van der Waals surface area contributed by atoms with Crippen molar-refractivity contribution in [3.05, 3.63) is 39.3 Å². The van der Waals surface area contributed by atoms with Gasteiger partial charge >= 0.3 is 0 Å². The number of nitrogens with zero attached hydrogens (tertiary/aromatic N) is 4. The summed E-state index contributed by atoms with van der Waals surface area (Å²) in [5, 5.41) is 11.9. The van der Waals surface area contributed by atoms with Crippen molar-refractivity contribution < 1.29 is 0 Å². The summed E-state index contributed by atoms with van der Waals surface area (Å²) in [7, 11) is 0. The lowest BCUT2D eigenvalue weighted by Crippen LogP contribution is -2.00. The first kappa shape index (κ1) is 36.0. The third-order valence-electron chi connectivity index (χ3n) is 3.08. The fraction of sp³-hybridized carbons (Fsp3) is 0.667. The van der Waals surface area contributed by atoms with Gasteiger partial charge in [-0.05, 0) is 12.0 Å². The molecule has 3 heterocycles. The third kappa shape index (κ3) is 17.5. The molecule has 0 N–H and O–H groups in total. The van der Waals surface area contributed by atoms with E-state index in [0.29, 0.717) is 17.8 Å². The van der Waals surface area contributed by atoms with E-state index >= 15 is 0 Å². The Morgan fingerprint density at radius 3 is 1.57 bits per heavy atom. The fourth-order valence-corrected chi connectivity index (χ4v) is 2.94. The Kier molecular flexibility index (Phi) is 28.7. The third-order valence-corrected chi connectivity index (χ3v) is 5.15. The topological polar surface area (TPSA) is 51.0 Å². The van der Waals surface area contributed by atoms with Crippen LogP contribution in [0.25, 0.3) is 0 Å². The van der Waals surface area contributed by atoms with Crippen molar-refractivity contribution in [2.75, 3.05) is 6.54 Å². The van der Waals surface area contributed by atoms with E-state index in [0.717, 1.165) is 11.6 Å². The summed E-state index contributed by atoms with van der Waals surface area (Å²) in [4.78, 5) is 8.38. The minimum absolute atomic E-state index is 0. The van der Waals surface area contributed by atoms with Gasteiger partial charge in [0.25, 0.3) is 0 Å². The predicted octanol–water partition coefficient (Wildman–Crippen LogP) is 8.91. The molecule has 2 aromatic rings. The standard InChI is InChI=1S/C7H11N.C6H9NS.C5H8N2S.2C2H6.2CH4/c1-6(2)7-4-3-5-8-7;1-5(2)6-7-3-4-8-6;1-4(2)5-7-6-3-8-5;2*1-2;;/h3-4,6H,5H2,1-2H3;3-5H,1-2H3;3-4H,1-2H3;2*1-2H3;2*1H4. The van der Waals surface area contributed by atoms with Crippen molar-refractivity contribution >= 4 is 28.4 Å². The first-order chi connectivity index (χ1) is 13.4. The Morgan fingerprint density at radius 2 is 1.37 bits per heavy atom. The van der Waals surface area contributed by atoms with Crippen LogP contribution in [0.3, 0.4) is 0 Å². The highest BCUT2D eigenvalue weighted by Gasteiger charge is 2.02. The molecule has 30 heavy (non-hydrogen) atoms. The predicted molar refractivity (Wildman–Crippen MR) is 143 cm³/mol. The Balaban J connectivity index is -0.000000151. The molecule has 0 saturated heterocycles. The molecule has 4 nitrogen and oxygen atoms in total. The number of aliphatic imine (C=N–C) groups is 1. The fourth-order valence-electron chi connectivity index (χ4n) is 1.71. The first-order valence-corrected chi connectivity index (χ1v) is 12.0. The number of hydrogen-bond donors (Lipinski definition) is 0. The average Bonchev–Trinajstić information content (AvgIpc) is 3.49. The van der Waals surface area contributed by atoms with Crippen LogP contribution in [0.2, 0.25) is 0 Å². The van der Waals surface area contributed by atoms with Crippen molar-refractivity contribution in [2.24, 2.45) is 10.9 Å². The molecule has 0 fully saturated rings. The van der Waals surface area contributed by atoms with Crippen molar-refractivity contribution in [3.8, 4) is 0 Å². The molecular weight excluding hydrogens is 408 g/mol. The van der Waals surface area contributed by atoms with Crippen LogP contribution in [0.4, 0.5) is 0 Å². The summed E-state index contributed by atoms with van der Waals surface area (Å²) >= 11 is 3.33. The zero-order chi connectivity index (χ0) is 21.9. The van der Waals surface area contributed by atoms with Crippen molar-refractivity contribution in [1.82, 2.24) is 15.2 Å². The van der Waals surface area contributed by atoms with Crippen LogP contribution in [-0.2, 0) is 0 Å². The first-order valence-electron chi connectivity index (χ1n) is 10.3. The molecule has 0 aliphatic carbocycles. The Labute approximate surface area is 196 Å². The number of rotatable bonds is 3. The number of aromatic nitrogens is 3. The van der Waals surface area contributed by atoms with Gasteiger partial charge in [0.15, 0.2) is 0 Å². The average molecular weight is 457 g/mol. The molecule has 2 aromatic heterocycles. The highest BCUT2D eigenvalue weighted by molar-refractivity contribution is 7.09. The summed E-state index contributed by atoms with van der Waals surface area (Å²) in [5.74, 6) is 1.73. The lowest BCUT2D eigenvalue weighted by atomic mass is 10.1. The van der Waals surface area contributed by atoms with E-state index in [1.807, 2.05) is 39.3 Å². The minimum Gasteiger partial charge on any atom is -0.285 e. The molecule has 6 heteroatoms. The Hall–Kier alpha value is -1.40. The summed E-state index contributed by atoms with van der Waals surface area (Å²) in [5.41, 5.74) is 3.00. The number of allylic oxidation sites excluding steroid dienone is 1. The molecular formula is C24H48N4S2. The van der Waals surface area contributed by atoms with Gasteiger partial charge in [0.2, 0.25) is 0 Å². The van der Waals surface area contributed by atoms with Crippen LogP contribution >= 0.6 is 22.7 Å². The molecule has 0 spiro atoms. The summed E-state index contributed by atoms with van der Waals surface area (Å²) in [6.07, 6.45) is 6.04. The van der Waals surface area contributed by atoms with E-state index in [9.17, 15) is 0 Å². The van der Waals surface area contributed by atoms with Crippen molar-refractivity contribution in [3.63, 3.8) is 0 Å². The molecule has 0 aromatic carbocycles. The van der Waals surface area contributed by atoms with E-state index in [-0.39, 0.29) is 14.9 Å². The molecule has 176 valence electrons. The van der Waals surface area contributed by atoms with Gasteiger partial charge in [0.1, 0.15) is 10.5 Å². The van der Waals surface area contributed by atoms with E-state index < -0.39 is 0 Å². The van der Waals surface area contributed by atoms with E-state index in [1.165, 1.54) is 10.7 Å².